The molecule has 10 nitrogen and oxygen atoms in total. The van der Waals surface area contributed by atoms with E-state index in [1.54, 1.807) is 0 Å². The summed E-state index contributed by atoms with van der Waals surface area (Å²) in [5.74, 6) is -0.661. The van der Waals surface area contributed by atoms with Crippen molar-refractivity contribution in [2.45, 2.75) is 25.7 Å². The van der Waals surface area contributed by atoms with E-state index in [0.29, 0.717) is 65.7 Å². The minimum Gasteiger partial charge on any atom is -0.499 e. The minimum absolute atomic E-state index is 0.105. The number of nitrogens with zero attached hydrogens (tertiary/aromatic N) is 1. The van der Waals surface area contributed by atoms with Crippen LogP contribution < -0.4 is 0 Å². The molecule has 0 aromatic heterocycles. The third-order valence-electron chi connectivity index (χ3n) is 4.05. The van der Waals surface area contributed by atoms with E-state index >= 15 is 0 Å². The van der Waals surface area contributed by atoms with Gasteiger partial charge in [0, 0.05) is 19.7 Å². The summed E-state index contributed by atoms with van der Waals surface area (Å²) in [5.41, 5.74) is 0. The van der Waals surface area contributed by atoms with Gasteiger partial charge in [-0.1, -0.05) is 13.2 Å². The van der Waals surface area contributed by atoms with Crippen molar-refractivity contribution >= 4 is 11.9 Å². The molecule has 0 bridgehead atoms. The average Bonchev–Trinajstić information content (AvgIpc) is 2.79. The van der Waals surface area contributed by atoms with E-state index in [1.807, 2.05) is 4.90 Å². The van der Waals surface area contributed by atoms with Gasteiger partial charge in [0.25, 0.3) is 0 Å². The first kappa shape index (κ1) is 29.9. The van der Waals surface area contributed by atoms with Gasteiger partial charge in [0.1, 0.15) is 26.4 Å². The molecule has 0 unspecified atom stereocenters. The SMILES string of the molecule is C=COCCOCCOC(=O)CCN(CCCCO)CCC(=O)OCCOCCOC=C. The molecule has 186 valence electrons. The van der Waals surface area contributed by atoms with Crippen LogP contribution in [0, 0.1) is 0 Å². The smallest absolute Gasteiger partial charge is 0.307 e. The van der Waals surface area contributed by atoms with Crippen LogP contribution in [0.1, 0.15) is 25.7 Å². The second-order valence-corrected chi connectivity index (χ2v) is 6.51. The number of carbonyl (C=O) groups excluding carboxylic acids is 2. The van der Waals surface area contributed by atoms with Gasteiger partial charge in [0.05, 0.1) is 51.8 Å². The maximum absolute atomic E-state index is 11.9. The largest absolute Gasteiger partial charge is 0.499 e. The van der Waals surface area contributed by atoms with Gasteiger partial charge in [0.15, 0.2) is 0 Å². The first-order valence-corrected chi connectivity index (χ1v) is 10.9. The number of unbranched alkanes of at least 4 members (excludes halogenated alkanes) is 1. The van der Waals surface area contributed by atoms with Crippen LogP contribution in [-0.4, -0.2) is 101 Å². The van der Waals surface area contributed by atoms with Gasteiger partial charge in [-0.05, 0) is 19.4 Å². The highest BCUT2D eigenvalue weighted by Gasteiger charge is 2.12. The summed E-state index contributed by atoms with van der Waals surface area (Å²) >= 11 is 0. The summed E-state index contributed by atoms with van der Waals surface area (Å²) in [6, 6.07) is 0. The van der Waals surface area contributed by atoms with E-state index in [-0.39, 0.29) is 44.6 Å². The van der Waals surface area contributed by atoms with E-state index in [4.69, 9.17) is 33.5 Å². The molecule has 0 atom stereocenters. The Morgan fingerprint density at radius 1 is 0.688 bits per heavy atom. The summed E-state index contributed by atoms with van der Waals surface area (Å²) in [7, 11) is 0. The number of aliphatic hydroxyl groups excluding tert-OH is 1. The van der Waals surface area contributed by atoms with Crippen molar-refractivity contribution in [2.75, 3.05) is 79.1 Å². The van der Waals surface area contributed by atoms with Gasteiger partial charge in [-0.2, -0.15) is 0 Å². The van der Waals surface area contributed by atoms with Gasteiger partial charge in [-0.25, -0.2) is 0 Å². The standard InChI is InChI=1S/C22H39NO9/c1-3-27-13-15-29-17-19-31-21(25)7-10-23(9-5-6-12-24)11-8-22(26)32-20-18-30-16-14-28-4-2/h3-4,24H,1-2,5-20H2. The number of esters is 2. The van der Waals surface area contributed by atoms with Crippen molar-refractivity contribution < 1.29 is 43.1 Å². The van der Waals surface area contributed by atoms with Crippen LogP contribution in [-0.2, 0) is 38.0 Å². The highest BCUT2D eigenvalue weighted by Crippen LogP contribution is 2.01. The third-order valence-corrected chi connectivity index (χ3v) is 4.05. The van der Waals surface area contributed by atoms with Crippen LogP contribution in [0.2, 0.25) is 0 Å². The molecule has 1 N–H and O–H groups in total. The predicted octanol–water partition coefficient (Wildman–Crippen LogP) is 1.28. The Kier molecular flexibility index (Phi) is 21.9. The van der Waals surface area contributed by atoms with Crippen molar-refractivity contribution in [3.8, 4) is 0 Å². The van der Waals surface area contributed by atoms with Gasteiger partial charge in [0.2, 0.25) is 0 Å². The Hall–Kier alpha value is -2.14. The van der Waals surface area contributed by atoms with Crippen LogP contribution in [0.5, 0.6) is 0 Å². The Balaban J connectivity index is 3.99. The fraction of sp³-hybridized carbons (Fsp3) is 0.727. The molecule has 0 amide bonds. The zero-order valence-electron chi connectivity index (χ0n) is 19.0. The van der Waals surface area contributed by atoms with Gasteiger partial charge in [-0.15, -0.1) is 0 Å². The first-order chi connectivity index (χ1) is 15.6. The maximum Gasteiger partial charge on any atom is 0.307 e. The minimum atomic E-state index is -0.330. The molecule has 0 heterocycles. The van der Waals surface area contributed by atoms with Crippen molar-refractivity contribution in [3.63, 3.8) is 0 Å². The first-order valence-electron chi connectivity index (χ1n) is 10.9. The predicted molar refractivity (Wildman–Crippen MR) is 118 cm³/mol. The Bertz CT molecular complexity index is 450. The fourth-order valence-corrected chi connectivity index (χ4v) is 2.44. The van der Waals surface area contributed by atoms with Crippen LogP contribution in [0.4, 0.5) is 0 Å². The summed E-state index contributed by atoms with van der Waals surface area (Å²) in [4.78, 5) is 25.8. The number of hydrogen-bond donors (Lipinski definition) is 1. The summed E-state index contributed by atoms with van der Waals surface area (Å²) < 4.78 is 30.6. The van der Waals surface area contributed by atoms with Crippen LogP contribution in [0.15, 0.2) is 25.7 Å². The summed E-state index contributed by atoms with van der Waals surface area (Å²) in [5, 5.41) is 8.98. The fourth-order valence-electron chi connectivity index (χ4n) is 2.44. The van der Waals surface area contributed by atoms with Crippen molar-refractivity contribution in [1.82, 2.24) is 4.90 Å². The Morgan fingerprint density at radius 2 is 1.16 bits per heavy atom. The van der Waals surface area contributed by atoms with Crippen molar-refractivity contribution in [3.05, 3.63) is 25.7 Å². The number of ether oxygens (including phenoxy) is 6. The van der Waals surface area contributed by atoms with Crippen LogP contribution in [0.3, 0.4) is 0 Å². The molecule has 0 fully saturated rings. The lowest BCUT2D eigenvalue weighted by atomic mass is 10.2. The molecule has 10 heteroatoms. The highest BCUT2D eigenvalue weighted by atomic mass is 16.6. The topological polar surface area (TPSA) is 113 Å². The molecular formula is C22H39NO9. The van der Waals surface area contributed by atoms with E-state index < -0.39 is 0 Å². The molecule has 32 heavy (non-hydrogen) atoms. The zero-order chi connectivity index (χ0) is 23.7. The Labute approximate surface area is 191 Å². The number of rotatable bonds is 24. The van der Waals surface area contributed by atoms with Crippen molar-refractivity contribution in [1.29, 1.82) is 0 Å². The van der Waals surface area contributed by atoms with E-state index in [1.165, 1.54) is 12.5 Å². The molecule has 0 aliphatic heterocycles. The molecule has 0 radical (unpaired) electrons. The van der Waals surface area contributed by atoms with E-state index in [2.05, 4.69) is 13.2 Å². The second-order valence-electron chi connectivity index (χ2n) is 6.51. The van der Waals surface area contributed by atoms with E-state index in [9.17, 15) is 9.59 Å². The Morgan fingerprint density at radius 3 is 1.59 bits per heavy atom. The van der Waals surface area contributed by atoms with Gasteiger partial charge in [-0.3, -0.25) is 9.59 Å². The van der Waals surface area contributed by atoms with Crippen molar-refractivity contribution in [2.24, 2.45) is 0 Å². The lowest BCUT2D eigenvalue weighted by Crippen LogP contribution is -2.31. The van der Waals surface area contributed by atoms with Gasteiger partial charge >= 0.3 is 11.9 Å². The second kappa shape index (κ2) is 23.5. The lowest BCUT2D eigenvalue weighted by Gasteiger charge is -2.21. The van der Waals surface area contributed by atoms with Crippen LogP contribution >= 0.6 is 0 Å². The molecule has 0 saturated carbocycles. The monoisotopic (exact) mass is 461 g/mol. The summed E-state index contributed by atoms with van der Waals surface area (Å²) in [6.45, 7) is 11.1. The lowest BCUT2D eigenvalue weighted by molar-refractivity contribution is -0.145. The highest BCUT2D eigenvalue weighted by molar-refractivity contribution is 5.70. The molecule has 0 saturated heterocycles. The molecule has 0 aromatic rings. The van der Waals surface area contributed by atoms with Crippen LogP contribution in [0.25, 0.3) is 0 Å². The average molecular weight is 462 g/mol. The van der Waals surface area contributed by atoms with E-state index in [0.717, 1.165) is 6.42 Å². The molecule has 0 aliphatic carbocycles. The maximum atomic E-state index is 11.9. The molecule has 0 aliphatic rings. The quantitative estimate of drug-likeness (QED) is 0.128. The number of carbonyl (C=O) groups is 2. The number of aliphatic hydroxyl groups is 1. The normalized spacial score (nSPS) is 10.6. The molecule has 0 spiro atoms. The van der Waals surface area contributed by atoms with Gasteiger partial charge < -0.3 is 38.4 Å². The molecule has 0 aromatic carbocycles. The number of hydrogen-bond acceptors (Lipinski definition) is 10. The third kappa shape index (κ3) is 21.1. The molecular weight excluding hydrogens is 422 g/mol. The summed E-state index contributed by atoms with van der Waals surface area (Å²) in [6.07, 6.45) is 4.51. The zero-order valence-corrected chi connectivity index (χ0v) is 19.0. The molecule has 0 rings (SSSR count).